The first-order chi connectivity index (χ1) is 12.5. The lowest BCUT2D eigenvalue weighted by Gasteiger charge is -2.07. The van der Waals surface area contributed by atoms with Crippen LogP contribution in [-0.4, -0.2) is 30.1 Å². The molecule has 0 unspecified atom stereocenters. The van der Waals surface area contributed by atoms with Crippen LogP contribution in [0, 0.1) is 10.1 Å². The minimum Gasteiger partial charge on any atom is -0.459 e. The minimum atomic E-state index is -0.711. The molecule has 0 aromatic heterocycles. The second-order valence-electron chi connectivity index (χ2n) is 5.30. The number of ether oxygens (including phenoxy) is 3. The maximum Gasteiger partial charge on any atom is 0.325 e. The van der Waals surface area contributed by atoms with Crippen LogP contribution in [0.2, 0.25) is 0 Å². The first-order valence-electron chi connectivity index (χ1n) is 7.60. The van der Waals surface area contributed by atoms with Gasteiger partial charge in [-0.25, -0.2) is 0 Å². The van der Waals surface area contributed by atoms with Crippen molar-refractivity contribution in [2.75, 3.05) is 13.3 Å². The Labute approximate surface area is 147 Å². The van der Waals surface area contributed by atoms with E-state index in [0.29, 0.717) is 17.1 Å². The molecule has 1 aliphatic rings. The second-order valence-corrected chi connectivity index (χ2v) is 5.30. The number of nitrogens with zero attached hydrogens (tertiary/aromatic N) is 1. The van der Waals surface area contributed by atoms with Crippen LogP contribution in [0.3, 0.4) is 0 Å². The SMILES string of the molecule is O=C(CNC(=O)c1ccc2c(c1)OCO2)OCc1ccccc1[N+](=O)[O-]. The number of hydrogen-bond donors (Lipinski definition) is 1. The van der Waals surface area contributed by atoms with Crippen LogP contribution in [0.4, 0.5) is 5.69 Å². The highest BCUT2D eigenvalue weighted by Gasteiger charge is 2.17. The third-order valence-corrected chi connectivity index (χ3v) is 3.61. The summed E-state index contributed by atoms with van der Waals surface area (Å²) in [7, 11) is 0. The Hall–Kier alpha value is -3.62. The van der Waals surface area contributed by atoms with Crippen LogP contribution < -0.4 is 14.8 Å². The summed E-state index contributed by atoms with van der Waals surface area (Å²) in [5.41, 5.74) is 0.443. The van der Waals surface area contributed by atoms with E-state index in [1.807, 2.05) is 0 Å². The smallest absolute Gasteiger partial charge is 0.325 e. The maximum atomic E-state index is 12.1. The van der Waals surface area contributed by atoms with E-state index in [1.165, 1.54) is 24.3 Å². The van der Waals surface area contributed by atoms with E-state index in [9.17, 15) is 19.7 Å². The maximum absolute atomic E-state index is 12.1. The quantitative estimate of drug-likeness (QED) is 0.475. The van der Waals surface area contributed by atoms with Gasteiger partial charge in [0.1, 0.15) is 13.2 Å². The summed E-state index contributed by atoms with van der Waals surface area (Å²) in [5.74, 6) is -0.190. The number of nitro groups is 1. The summed E-state index contributed by atoms with van der Waals surface area (Å²) in [6.07, 6.45) is 0. The fourth-order valence-electron chi connectivity index (χ4n) is 2.31. The number of carbonyl (C=O) groups is 2. The van der Waals surface area contributed by atoms with Crippen LogP contribution in [0.15, 0.2) is 42.5 Å². The molecule has 2 aromatic rings. The standard InChI is InChI=1S/C17H14N2O7/c20-16(24-9-12-3-1-2-4-13(12)19(22)23)8-18-17(21)11-5-6-14-15(7-11)26-10-25-14/h1-7H,8-10H2,(H,18,21). The van der Waals surface area contributed by atoms with Crippen molar-refractivity contribution < 1.29 is 28.7 Å². The predicted octanol–water partition coefficient (Wildman–Crippen LogP) is 1.80. The molecule has 9 heteroatoms. The summed E-state index contributed by atoms with van der Waals surface area (Å²) in [6.45, 7) is -0.526. The molecule has 0 saturated carbocycles. The van der Waals surface area contributed by atoms with E-state index in [-0.39, 0.29) is 31.2 Å². The van der Waals surface area contributed by atoms with Gasteiger partial charge in [0.15, 0.2) is 11.5 Å². The first kappa shape index (κ1) is 17.2. The third kappa shape index (κ3) is 3.89. The Kier molecular flexibility index (Phi) is 4.97. The molecule has 1 N–H and O–H groups in total. The third-order valence-electron chi connectivity index (χ3n) is 3.61. The van der Waals surface area contributed by atoms with Gasteiger partial charge in [-0.15, -0.1) is 0 Å². The highest BCUT2D eigenvalue weighted by Crippen LogP contribution is 2.32. The molecule has 0 atom stereocenters. The lowest BCUT2D eigenvalue weighted by atomic mass is 10.2. The summed E-state index contributed by atoms with van der Waals surface area (Å²) >= 11 is 0. The van der Waals surface area contributed by atoms with Gasteiger partial charge in [0.2, 0.25) is 6.79 Å². The number of esters is 1. The van der Waals surface area contributed by atoms with Crippen LogP contribution in [-0.2, 0) is 16.1 Å². The van der Waals surface area contributed by atoms with Gasteiger partial charge in [-0.3, -0.25) is 19.7 Å². The van der Waals surface area contributed by atoms with Crippen molar-refractivity contribution >= 4 is 17.6 Å². The topological polar surface area (TPSA) is 117 Å². The van der Waals surface area contributed by atoms with Crippen molar-refractivity contribution in [1.29, 1.82) is 0 Å². The molecular formula is C17H14N2O7. The Morgan fingerprint density at radius 2 is 1.92 bits per heavy atom. The average molecular weight is 358 g/mol. The predicted molar refractivity (Wildman–Crippen MR) is 87.8 cm³/mol. The molecular weight excluding hydrogens is 344 g/mol. The number of fused-ring (bicyclic) bond motifs is 1. The van der Waals surface area contributed by atoms with Crippen LogP contribution in [0.25, 0.3) is 0 Å². The van der Waals surface area contributed by atoms with Gasteiger partial charge < -0.3 is 19.5 Å². The summed E-state index contributed by atoms with van der Waals surface area (Å²) in [6, 6.07) is 10.6. The number of para-hydroxylation sites is 1. The van der Waals surface area contributed by atoms with E-state index < -0.39 is 16.8 Å². The van der Waals surface area contributed by atoms with Crippen LogP contribution >= 0.6 is 0 Å². The average Bonchev–Trinajstić information content (AvgIpc) is 3.12. The zero-order chi connectivity index (χ0) is 18.5. The zero-order valence-corrected chi connectivity index (χ0v) is 13.5. The summed E-state index contributed by atoms with van der Waals surface area (Å²) < 4.78 is 15.3. The van der Waals surface area contributed by atoms with Gasteiger partial charge in [-0.2, -0.15) is 0 Å². The van der Waals surface area contributed by atoms with Crippen molar-refractivity contribution in [1.82, 2.24) is 5.32 Å². The highest BCUT2D eigenvalue weighted by atomic mass is 16.7. The molecule has 26 heavy (non-hydrogen) atoms. The summed E-state index contributed by atoms with van der Waals surface area (Å²) in [5, 5.41) is 13.3. The Morgan fingerprint density at radius 3 is 2.73 bits per heavy atom. The van der Waals surface area contributed by atoms with E-state index in [0.717, 1.165) is 0 Å². The van der Waals surface area contributed by atoms with E-state index in [4.69, 9.17) is 14.2 Å². The van der Waals surface area contributed by atoms with E-state index >= 15 is 0 Å². The van der Waals surface area contributed by atoms with Crippen LogP contribution in [0.5, 0.6) is 11.5 Å². The molecule has 0 bridgehead atoms. The number of carbonyl (C=O) groups excluding carboxylic acids is 2. The molecule has 0 saturated heterocycles. The zero-order valence-electron chi connectivity index (χ0n) is 13.5. The summed E-state index contributed by atoms with van der Waals surface area (Å²) in [4.78, 5) is 34.2. The molecule has 0 aliphatic carbocycles. The highest BCUT2D eigenvalue weighted by molar-refractivity contribution is 5.96. The minimum absolute atomic E-state index is 0.0956. The molecule has 3 rings (SSSR count). The monoisotopic (exact) mass is 358 g/mol. The molecule has 1 amide bonds. The molecule has 1 heterocycles. The Bertz CT molecular complexity index is 866. The number of nitrogens with one attached hydrogen (secondary N) is 1. The molecule has 9 nitrogen and oxygen atoms in total. The largest absolute Gasteiger partial charge is 0.459 e. The van der Waals surface area contributed by atoms with Crippen molar-refractivity contribution in [3.8, 4) is 11.5 Å². The number of amides is 1. The van der Waals surface area contributed by atoms with E-state index in [2.05, 4.69) is 5.32 Å². The lowest BCUT2D eigenvalue weighted by molar-refractivity contribution is -0.385. The lowest BCUT2D eigenvalue weighted by Crippen LogP contribution is -2.30. The number of nitro benzene ring substituents is 1. The van der Waals surface area contributed by atoms with Gasteiger partial charge in [-0.1, -0.05) is 12.1 Å². The normalized spacial score (nSPS) is 11.7. The van der Waals surface area contributed by atoms with Crippen LogP contribution in [0.1, 0.15) is 15.9 Å². The van der Waals surface area contributed by atoms with Gasteiger partial charge in [0, 0.05) is 11.6 Å². The van der Waals surface area contributed by atoms with E-state index in [1.54, 1.807) is 18.2 Å². The molecule has 1 aliphatic heterocycles. The molecule has 0 radical (unpaired) electrons. The Morgan fingerprint density at radius 1 is 1.15 bits per heavy atom. The molecule has 2 aromatic carbocycles. The Balaban J connectivity index is 1.51. The fourth-order valence-corrected chi connectivity index (χ4v) is 2.31. The fraction of sp³-hybridized carbons (Fsp3) is 0.176. The molecule has 134 valence electrons. The van der Waals surface area contributed by atoms with Crippen molar-refractivity contribution in [2.24, 2.45) is 0 Å². The number of benzene rings is 2. The van der Waals surface area contributed by atoms with Crippen molar-refractivity contribution in [3.05, 3.63) is 63.7 Å². The van der Waals surface area contributed by atoms with Crippen molar-refractivity contribution in [2.45, 2.75) is 6.61 Å². The van der Waals surface area contributed by atoms with Gasteiger partial charge in [0.25, 0.3) is 11.6 Å². The van der Waals surface area contributed by atoms with Crippen molar-refractivity contribution in [3.63, 3.8) is 0 Å². The number of rotatable bonds is 6. The molecule has 0 spiro atoms. The van der Waals surface area contributed by atoms with Gasteiger partial charge in [-0.05, 0) is 24.3 Å². The first-order valence-corrected chi connectivity index (χ1v) is 7.60. The number of hydrogen-bond acceptors (Lipinski definition) is 7. The van der Waals surface area contributed by atoms with Gasteiger partial charge >= 0.3 is 5.97 Å². The van der Waals surface area contributed by atoms with Gasteiger partial charge in [0.05, 0.1) is 10.5 Å². The second kappa shape index (κ2) is 7.51. The molecule has 0 fully saturated rings.